The van der Waals surface area contributed by atoms with Gasteiger partial charge in [-0.3, -0.25) is 4.79 Å². The predicted molar refractivity (Wildman–Crippen MR) is 93.4 cm³/mol. The average Bonchev–Trinajstić information content (AvgIpc) is 2.56. The molecular formula is C16H24Cl2N2O3. The lowest BCUT2D eigenvalue weighted by atomic mass is 9.79. The Bertz CT molecular complexity index is 491. The average molecular weight is 363 g/mol. The maximum Gasteiger partial charge on any atom is 0.230 e. The highest BCUT2D eigenvalue weighted by atomic mass is 35.5. The second kappa shape index (κ2) is 9.33. The van der Waals surface area contributed by atoms with Crippen LogP contribution in [0.5, 0.6) is 5.75 Å². The van der Waals surface area contributed by atoms with Gasteiger partial charge in [0.15, 0.2) is 0 Å². The number of halogens is 2. The van der Waals surface area contributed by atoms with Gasteiger partial charge in [-0.05, 0) is 37.1 Å². The molecule has 0 unspecified atom stereocenters. The standard InChI is InChI=1S/C16H23ClN2O3.ClH/c1-19(8-11-22-14-4-2-13(17)3-5-14)15(20)16(12-18)6-9-21-10-7-16;/h2-5H,6-12,18H2,1H3;1H. The molecule has 1 aromatic rings. The van der Waals surface area contributed by atoms with E-state index in [9.17, 15) is 4.79 Å². The zero-order chi connectivity index (χ0) is 16.0. The van der Waals surface area contributed by atoms with Crippen LogP contribution in [0.15, 0.2) is 24.3 Å². The number of nitrogens with two attached hydrogens (primary N) is 1. The van der Waals surface area contributed by atoms with Gasteiger partial charge in [-0.25, -0.2) is 0 Å². The fourth-order valence-electron chi connectivity index (χ4n) is 2.61. The molecule has 1 amide bonds. The van der Waals surface area contributed by atoms with Crippen molar-refractivity contribution in [2.24, 2.45) is 11.1 Å². The summed E-state index contributed by atoms with van der Waals surface area (Å²) in [5.74, 6) is 0.822. The molecule has 1 heterocycles. The largest absolute Gasteiger partial charge is 0.492 e. The van der Waals surface area contributed by atoms with Gasteiger partial charge in [0.05, 0.1) is 12.0 Å². The number of benzene rings is 1. The summed E-state index contributed by atoms with van der Waals surface area (Å²) in [5, 5.41) is 0.670. The third kappa shape index (κ3) is 5.24. The van der Waals surface area contributed by atoms with Gasteiger partial charge in [-0.1, -0.05) is 11.6 Å². The molecule has 7 heteroatoms. The molecule has 1 aliphatic heterocycles. The van der Waals surface area contributed by atoms with Crippen LogP contribution in [0.4, 0.5) is 0 Å². The van der Waals surface area contributed by atoms with E-state index in [4.69, 9.17) is 26.8 Å². The van der Waals surface area contributed by atoms with E-state index in [2.05, 4.69) is 0 Å². The number of amides is 1. The van der Waals surface area contributed by atoms with E-state index in [1.807, 2.05) is 12.1 Å². The predicted octanol–water partition coefficient (Wildman–Crippen LogP) is 2.35. The Morgan fingerprint density at radius 3 is 2.52 bits per heavy atom. The van der Waals surface area contributed by atoms with Gasteiger partial charge in [-0.15, -0.1) is 12.4 Å². The van der Waals surface area contributed by atoms with Crippen molar-refractivity contribution in [3.8, 4) is 5.75 Å². The fourth-order valence-corrected chi connectivity index (χ4v) is 2.73. The lowest BCUT2D eigenvalue weighted by molar-refractivity contribution is -0.146. The van der Waals surface area contributed by atoms with Gasteiger partial charge in [0.25, 0.3) is 0 Å². The molecule has 0 saturated carbocycles. The van der Waals surface area contributed by atoms with E-state index in [0.29, 0.717) is 50.8 Å². The summed E-state index contributed by atoms with van der Waals surface area (Å²) >= 11 is 5.82. The van der Waals surface area contributed by atoms with Gasteiger partial charge >= 0.3 is 0 Å². The summed E-state index contributed by atoms with van der Waals surface area (Å²) in [6.07, 6.45) is 1.37. The molecule has 2 rings (SSSR count). The molecule has 130 valence electrons. The lowest BCUT2D eigenvalue weighted by Gasteiger charge is -2.37. The molecule has 0 bridgehead atoms. The van der Waals surface area contributed by atoms with Crippen molar-refractivity contribution in [2.45, 2.75) is 12.8 Å². The minimum absolute atomic E-state index is 0. The van der Waals surface area contributed by atoms with E-state index in [0.717, 1.165) is 5.75 Å². The number of rotatable bonds is 6. The van der Waals surface area contributed by atoms with Crippen LogP contribution in [-0.2, 0) is 9.53 Å². The van der Waals surface area contributed by atoms with Crippen molar-refractivity contribution >= 4 is 29.9 Å². The van der Waals surface area contributed by atoms with Crippen LogP contribution in [0.1, 0.15) is 12.8 Å². The summed E-state index contributed by atoms with van der Waals surface area (Å²) in [6, 6.07) is 7.17. The number of carbonyl (C=O) groups excluding carboxylic acids is 1. The molecule has 5 nitrogen and oxygen atoms in total. The second-order valence-electron chi connectivity index (χ2n) is 5.63. The molecular weight excluding hydrogens is 339 g/mol. The first-order chi connectivity index (χ1) is 10.6. The third-order valence-electron chi connectivity index (χ3n) is 4.15. The fraction of sp³-hybridized carbons (Fsp3) is 0.562. The van der Waals surface area contributed by atoms with E-state index in [-0.39, 0.29) is 18.3 Å². The topological polar surface area (TPSA) is 64.8 Å². The number of carbonyl (C=O) groups is 1. The molecule has 0 spiro atoms. The summed E-state index contributed by atoms with van der Waals surface area (Å²) in [4.78, 5) is 14.4. The van der Waals surface area contributed by atoms with Crippen LogP contribution < -0.4 is 10.5 Å². The van der Waals surface area contributed by atoms with Gasteiger partial charge in [0.2, 0.25) is 5.91 Å². The zero-order valence-corrected chi connectivity index (χ0v) is 14.9. The second-order valence-corrected chi connectivity index (χ2v) is 6.06. The van der Waals surface area contributed by atoms with Crippen LogP contribution in [0.25, 0.3) is 0 Å². The lowest BCUT2D eigenvalue weighted by Crippen LogP contribution is -2.50. The minimum Gasteiger partial charge on any atom is -0.492 e. The molecule has 0 atom stereocenters. The maximum absolute atomic E-state index is 12.7. The Labute approximate surface area is 148 Å². The van der Waals surface area contributed by atoms with Crippen molar-refractivity contribution in [3.63, 3.8) is 0 Å². The van der Waals surface area contributed by atoms with Crippen molar-refractivity contribution < 1.29 is 14.3 Å². The number of hydrogen-bond donors (Lipinski definition) is 1. The van der Waals surface area contributed by atoms with Gasteiger partial charge in [-0.2, -0.15) is 0 Å². The normalized spacial score (nSPS) is 16.3. The van der Waals surface area contributed by atoms with Crippen molar-refractivity contribution in [2.75, 3.05) is 40.0 Å². The summed E-state index contributed by atoms with van der Waals surface area (Å²) in [7, 11) is 1.79. The third-order valence-corrected chi connectivity index (χ3v) is 4.40. The highest BCUT2D eigenvalue weighted by Gasteiger charge is 2.40. The molecule has 0 aromatic heterocycles. The van der Waals surface area contributed by atoms with E-state index >= 15 is 0 Å². The van der Waals surface area contributed by atoms with Crippen molar-refractivity contribution in [1.82, 2.24) is 4.90 Å². The van der Waals surface area contributed by atoms with Crippen molar-refractivity contribution in [3.05, 3.63) is 29.3 Å². The number of hydrogen-bond acceptors (Lipinski definition) is 4. The van der Waals surface area contributed by atoms with Gasteiger partial charge in [0, 0.05) is 31.8 Å². The highest BCUT2D eigenvalue weighted by molar-refractivity contribution is 6.30. The van der Waals surface area contributed by atoms with Crippen LogP contribution in [-0.4, -0.2) is 50.8 Å². The first-order valence-corrected chi connectivity index (χ1v) is 7.87. The molecule has 0 aliphatic carbocycles. The Hall–Kier alpha value is -1.01. The van der Waals surface area contributed by atoms with E-state index < -0.39 is 5.41 Å². The highest BCUT2D eigenvalue weighted by Crippen LogP contribution is 2.31. The molecule has 1 saturated heterocycles. The van der Waals surface area contributed by atoms with Crippen LogP contribution >= 0.6 is 24.0 Å². The molecule has 1 fully saturated rings. The van der Waals surface area contributed by atoms with Gasteiger partial charge < -0.3 is 20.1 Å². The molecule has 0 radical (unpaired) electrons. The zero-order valence-electron chi connectivity index (χ0n) is 13.3. The van der Waals surface area contributed by atoms with Crippen LogP contribution in [0.3, 0.4) is 0 Å². The molecule has 1 aliphatic rings. The number of ether oxygens (including phenoxy) is 2. The van der Waals surface area contributed by atoms with Crippen LogP contribution in [0, 0.1) is 5.41 Å². The monoisotopic (exact) mass is 362 g/mol. The van der Waals surface area contributed by atoms with E-state index in [1.165, 1.54) is 0 Å². The molecule has 23 heavy (non-hydrogen) atoms. The van der Waals surface area contributed by atoms with Crippen molar-refractivity contribution in [1.29, 1.82) is 0 Å². The summed E-state index contributed by atoms with van der Waals surface area (Å²) in [6.45, 7) is 2.50. The summed E-state index contributed by atoms with van der Waals surface area (Å²) < 4.78 is 11.0. The van der Waals surface area contributed by atoms with E-state index in [1.54, 1.807) is 24.1 Å². The number of likely N-dealkylation sites (N-methyl/N-ethyl adjacent to an activating group) is 1. The Morgan fingerprint density at radius 2 is 1.96 bits per heavy atom. The quantitative estimate of drug-likeness (QED) is 0.843. The maximum atomic E-state index is 12.7. The molecule has 2 N–H and O–H groups in total. The smallest absolute Gasteiger partial charge is 0.230 e. The first kappa shape index (κ1) is 20.0. The number of nitrogens with zero attached hydrogens (tertiary/aromatic N) is 1. The SMILES string of the molecule is CN(CCOc1ccc(Cl)cc1)C(=O)C1(CN)CCOCC1.Cl. The first-order valence-electron chi connectivity index (χ1n) is 7.49. The Kier molecular flexibility index (Phi) is 8.12. The summed E-state index contributed by atoms with van der Waals surface area (Å²) in [5.41, 5.74) is 5.39. The Balaban J connectivity index is 0.00000264. The minimum atomic E-state index is -0.479. The van der Waals surface area contributed by atoms with Gasteiger partial charge in [0.1, 0.15) is 12.4 Å². The van der Waals surface area contributed by atoms with Crippen LogP contribution in [0.2, 0.25) is 5.02 Å². The molecule has 1 aromatic carbocycles. The Morgan fingerprint density at radius 1 is 1.35 bits per heavy atom.